The van der Waals surface area contributed by atoms with Crippen molar-refractivity contribution in [1.29, 1.82) is 0 Å². The second-order valence-electron chi connectivity index (χ2n) is 8.12. The van der Waals surface area contributed by atoms with Gasteiger partial charge in [-0.25, -0.2) is 0 Å². The second-order valence-corrected chi connectivity index (χ2v) is 8.12. The van der Waals surface area contributed by atoms with Crippen LogP contribution in [0.5, 0.6) is 0 Å². The fourth-order valence-electron chi connectivity index (χ4n) is 3.73. The van der Waals surface area contributed by atoms with Crippen molar-refractivity contribution in [2.75, 3.05) is 26.2 Å². The summed E-state index contributed by atoms with van der Waals surface area (Å²) in [5.41, 5.74) is 2.59. The number of hydrogen-bond acceptors (Lipinski definition) is 2. The first-order chi connectivity index (χ1) is 12.4. The molecule has 0 bridgehead atoms. The Balaban J connectivity index is 1.71. The lowest BCUT2D eigenvalue weighted by molar-refractivity contribution is -0.134. The van der Waals surface area contributed by atoms with Gasteiger partial charge in [-0.05, 0) is 31.9 Å². The molecule has 138 valence electrons. The minimum atomic E-state index is 0.116. The van der Waals surface area contributed by atoms with Crippen LogP contribution in [-0.2, 0) is 4.79 Å². The lowest BCUT2D eigenvalue weighted by Crippen LogP contribution is -2.54. The summed E-state index contributed by atoms with van der Waals surface area (Å²) in [6.07, 6.45) is 0.531. The molecule has 2 aromatic carbocycles. The highest BCUT2D eigenvalue weighted by atomic mass is 16.2. The average Bonchev–Trinajstić information content (AvgIpc) is 2.67. The minimum absolute atomic E-state index is 0.116. The number of hydrogen-bond donors (Lipinski definition) is 0. The molecule has 0 radical (unpaired) electrons. The normalized spacial score (nSPS) is 16.1. The summed E-state index contributed by atoms with van der Waals surface area (Å²) >= 11 is 0. The van der Waals surface area contributed by atoms with Gasteiger partial charge in [-0.15, -0.1) is 0 Å². The maximum atomic E-state index is 13.0. The number of benzene rings is 2. The highest BCUT2D eigenvalue weighted by molar-refractivity contribution is 5.78. The molecule has 0 spiro atoms. The van der Waals surface area contributed by atoms with E-state index >= 15 is 0 Å². The van der Waals surface area contributed by atoms with Crippen LogP contribution in [0.2, 0.25) is 0 Å². The van der Waals surface area contributed by atoms with E-state index in [1.165, 1.54) is 11.1 Å². The van der Waals surface area contributed by atoms with Crippen molar-refractivity contribution >= 4 is 5.91 Å². The van der Waals surface area contributed by atoms with Crippen LogP contribution in [0.4, 0.5) is 0 Å². The quantitative estimate of drug-likeness (QED) is 0.827. The van der Waals surface area contributed by atoms with Gasteiger partial charge in [0.1, 0.15) is 0 Å². The van der Waals surface area contributed by atoms with Crippen LogP contribution >= 0.6 is 0 Å². The van der Waals surface area contributed by atoms with Crippen LogP contribution < -0.4 is 0 Å². The lowest BCUT2D eigenvalue weighted by Gasteiger charge is -2.42. The summed E-state index contributed by atoms with van der Waals surface area (Å²) in [5, 5.41) is 0. The summed E-state index contributed by atoms with van der Waals surface area (Å²) in [7, 11) is 0. The van der Waals surface area contributed by atoms with Gasteiger partial charge in [0.2, 0.25) is 5.91 Å². The van der Waals surface area contributed by atoms with Crippen LogP contribution in [-0.4, -0.2) is 47.4 Å². The van der Waals surface area contributed by atoms with Gasteiger partial charge in [0.05, 0.1) is 0 Å². The van der Waals surface area contributed by atoms with Crippen molar-refractivity contribution in [1.82, 2.24) is 9.80 Å². The predicted molar refractivity (Wildman–Crippen MR) is 107 cm³/mol. The monoisotopic (exact) mass is 350 g/mol. The Morgan fingerprint density at radius 3 is 1.73 bits per heavy atom. The first-order valence-electron chi connectivity index (χ1n) is 9.58. The Bertz CT molecular complexity index is 658. The number of rotatable bonds is 4. The topological polar surface area (TPSA) is 23.6 Å². The van der Waals surface area contributed by atoms with E-state index in [1.54, 1.807) is 0 Å². The molecule has 1 saturated heterocycles. The third kappa shape index (κ3) is 4.53. The van der Waals surface area contributed by atoms with E-state index in [0.29, 0.717) is 6.42 Å². The van der Waals surface area contributed by atoms with Crippen LogP contribution in [0.3, 0.4) is 0 Å². The standard InChI is InChI=1S/C23H30N2O/c1-23(2,3)25-16-14-24(15-17-25)22(26)18-21(19-10-6-4-7-11-19)20-12-8-5-9-13-20/h4-13,21H,14-18H2,1-3H3. The third-order valence-corrected chi connectivity index (χ3v) is 5.36. The smallest absolute Gasteiger partial charge is 0.223 e. The molecule has 1 amide bonds. The molecule has 3 rings (SSSR count). The van der Waals surface area contributed by atoms with Gasteiger partial charge in [-0.3, -0.25) is 9.69 Å². The van der Waals surface area contributed by atoms with Crippen molar-refractivity contribution in [3.8, 4) is 0 Å². The van der Waals surface area contributed by atoms with Crippen LogP contribution in [0.25, 0.3) is 0 Å². The third-order valence-electron chi connectivity index (χ3n) is 5.36. The molecule has 3 nitrogen and oxygen atoms in total. The molecule has 1 fully saturated rings. The summed E-state index contributed by atoms with van der Waals surface area (Å²) < 4.78 is 0. The first kappa shape index (κ1) is 18.7. The van der Waals surface area contributed by atoms with Gasteiger partial charge in [0.15, 0.2) is 0 Å². The SMILES string of the molecule is CC(C)(C)N1CCN(C(=O)CC(c2ccccc2)c2ccccc2)CC1. The number of amides is 1. The van der Waals surface area contributed by atoms with Crippen LogP contribution in [0, 0.1) is 0 Å². The minimum Gasteiger partial charge on any atom is -0.340 e. The zero-order chi connectivity index (χ0) is 18.6. The average molecular weight is 351 g/mol. The molecule has 1 heterocycles. The van der Waals surface area contributed by atoms with Gasteiger partial charge < -0.3 is 4.90 Å². The zero-order valence-electron chi connectivity index (χ0n) is 16.2. The van der Waals surface area contributed by atoms with Crippen molar-refractivity contribution in [3.05, 3.63) is 71.8 Å². The van der Waals surface area contributed by atoms with Crippen molar-refractivity contribution in [2.45, 2.75) is 38.6 Å². The largest absolute Gasteiger partial charge is 0.340 e. The molecule has 0 saturated carbocycles. The van der Waals surface area contributed by atoms with E-state index in [0.717, 1.165) is 26.2 Å². The molecule has 3 heteroatoms. The van der Waals surface area contributed by atoms with E-state index in [2.05, 4.69) is 74.2 Å². The molecule has 1 aliphatic heterocycles. The molecule has 0 N–H and O–H groups in total. The molecule has 0 aromatic heterocycles. The summed E-state index contributed by atoms with van der Waals surface area (Å²) in [6.45, 7) is 10.3. The Morgan fingerprint density at radius 1 is 0.846 bits per heavy atom. The van der Waals surface area contributed by atoms with Crippen LogP contribution in [0.15, 0.2) is 60.7 Å². The Kier molecular flexibility index (Phi) is 5.77. The van der Waals surface area contributed by atoms with E-state index < -0.39 is 0 Å². The molecule has 0 atom stereocenters. The Morgan fingerprint density at radius 2 is 1.31 bits per heavy atom. The van der Waals surface area contributed by atoms with Gasteiger partial charge in [-0.1, -0.05) is 60.7 Å². The predicted octanol–water partition coefficient (Wildman–Crippen LogP) is 4.15. The van der Waals surface area contributed by atoms with Crippen molar-refractivity contribution < 1.29 is 4.79 Å². The molecule has 26 heavy (non-hydrogen) atoms. The molecule has 0 unspecified atom stereocenters. The highest BCUT2D eigenvalue weighted by Crippen LogP contribution is 2.29. The maximum Gasteiger partial charge on any atom is 0.223 e. The molecule has 2 aromatic rings. The lowest BCUT2D eigenvalue weighted by atomic mass is 9.88. The second kappa shape index (κ2) is 8.05. The summed E-state index contributed by atoms with van der Waals surface area (Å²) in [4.78, 5) is 17.5. The fraction of sp³-hybridized carbons (Fsp3) is 0.435. The molecular formula is C23H30N2O. The number of nitrogens with zero attached hydrogens (tertiary/aromatic N) is 2. The maximum absolute atomic E-state index is 13.0. The Hall–Kier alpha value is -2.13. The van der Waals surface area contributed by atoms with Crippen molar-refractivity contribution in [2.24, 2.45) is 0 Å². The fourth-order valence-corrected chi connectivity index (χ4v) is 3.73. The molecule has 1 aliphatic rings. The van der Waals surface area contributed by atoms with E-state index in [1.807, 2.05) is 17.0 Å². The van der Waals surface area contributed by atoms with Gasteiger partial charge >= 0.3 is 0 Å². The van der Waals surface area contributed by atoms with E-state index in [-0.39, 0.29) is 17.4 Å². The number of piperazine rings is 1. The highest BCUT2D eigenvalue weighted by Gasteiger charge is 2.29. The molecule has 0 aliphatic carbocycles. The summed E-state index contributed by atoms with van der Waals surface area (Å²) in [5.74, 6) is 0.377. The summed E-state index contributed by atoms with van der Waals surface area (Å²) in [6, 6.07) is 20.8. The number of carbonyl (C=O) groups is 1. The van der Waals surface area contributed by atoms with E-state index in [4.69, 9.17) is 0 Å². The van der Waals surface area contributed by atoms with Gasteiger partial charge in [0, 0.05) is 44.1 Å². The Labute approximate surface area is 157 Å². The van der Waals surface area contributed by atoms with E-state index in [9.17, 15) is 4.79 Å². The zero-order valence-corrected chi connectivity index (χ0v) is 16.2. The van der Waals surface area contributed by atoms with Crippen LogP contribution in [0.1, 0.15) is 44.2 Å². The molecular weight excluding hydrogens is 320 g/mol. The first-order valence-corrected chi connectivity index (χ1v) is 9.58. The van der Waals surface area contributed by atoms with Crippen molar-refractivity contribution in [3.63, 3.8) is 0 Å². The number of carbonyl (C=O) groups excluding carboxylic acids is 1. The van der Waals surface area contributed by atoms with Gasteiger partial charge in [-0.2, -0.15) is 0 Å². The van der Waals surface area contributed by atoms with Gasteiger partial charge in [0.25, 0.3) is 0 Å².